The van der Waals surface area contributed by atoms with Gasteiger partial charge in [0.2, 0.25) is 23.6 Å². The van der Waals surface area contributed by atoms with Gasteiger partial charge in [0.25, 0.3) is 0 Å². The van der Waals surface area contributed by atoms with Crippen LogP contribution in [0, 0.1) is 0 Å². The SMILES string of the molecule is NCC(=O)NC(CCC(=O)O)C(=O)NC(CO)C(=O)NC(CCC(N)=O)C(=O)O. The van der Waals surface area contributed by atoms with Crippen LogP contribution in [0.1, 0.15) is 25.7 Å². The van der Waals surface area contributed by atoms with Crippen molar-refractivity contribution < 1.29 is 44.1 Å². The molecule has 4 amide bonds. The van der Waals surface area contributed by atoms with Crippen LogP contribution in [0.5, 0.6) is 0 Å². The van der Waals surface area contributed by atoms with Crippen LogP contribution in [-0.4, -0.2) is 82.2 Å². The van der Waals surface area contributed by atoms with Crippen LogP contribution in [0.4, 0.5) is 0 Å². The molecule has 0 aromatic carbocycles. The molecule has 29 heavy (non-hydrogen) atoms. The molecule has 0 heterocycles. The number of aliphatic hydroxyl groups excluding tert-OH is 1. The van der Waals surface area contributed by atoms with Gasteiger partial charge in [-0.3, -0.25) is 24.0 Å². The second-order valence-corrected chi connectivity index (χ2v) is 5.90. The van der Waals surface area contributed by atoms with Crippen molar-refractivity contribution in [3.05, 3.63) is 0 Å². The molecule has 0 saturated heterocycles. The Balaban J connectivity index is 5.10. The Morgan fingerprint density at radius 3 is 1.76 bits per heavy atom. The minimum atomic E-state index is -1.60. The minimum Gasteiger partial charge on any atom is -0.481 e. The molecule has 0 fully saturated rings. The third kappa shape index (κ3) is 10.6. The van der Waals surface area contributed by atoms with E-state index in [0.717, 1.165) is 0 Å². The summed E-state index contributed by atoms with van der Waals surface area (Å²) in [6.45, 7) is -1.39. The highest BCUT2D eigenvalue weighted by molar-refractivity contribution is 5.94. The highest BCUT2D eigenvalue weighted by atomic mass is 16.4. The average molecular weight is 419 g/mol. The highest BCUT2D eigenvalue weighted by Gasteiger charge is 2.29. The first-order valence-corrected chi connectivity index (χ1v) is 8.45. The Morgan fingerprint density at radius 1 is 0.793 bits per heavy atom. The number of carbonyl (C=O) groups is 6. The molecule has 0 rings (SSSR count). The lowest BCUT2D eigenvalue weighted by Crippen LogP contribution is -2.57. The third-order valence-corrected chi connectivity index (χ3v) is 3.59. The quantitative estimate of drug-likeness (QED) is 0.134. The maximum Gasteiger partial charge on any atom is 0.326 e. The largest absolute Gasteiger partial charge is 0.481 e. The first-order valence-electron chi connectivity index (χ1n) is 8.45. The molecule has 0 aromatic heterocycles. The Labute approximate surface area is 165 Å². The lowest BCUT2D eigenvalue weighted by Gasteiger charge is -2.23. The van der Waals surface area contributed by atoms with Crippen LogP contribution < -0.4 is 27.4 Å². The Kier molecular flexibility index (Phi) is 11.5. The number of amides is 4. The predicted molar refractivity (Wildman–Crippen MR) is 94.9 cm³/mol. The number of aliphatic hydroxyl groups is 1. The maximum absolute atomic E-state index is 12.3. The lowest BCUT2D eigenvalue weighted by atomic mass is 10.1. The standard InChI is InChI=1S/C15H25N5O9/c16-5-11(23)18-7(2-4-12(24)25)13(26)20-9(6-21)14(27)19-8(15(28)29)1-3-10(17)22/h7-9,21H,1-6,16H2,(H2,17,22)(H,18,23)(H,19,27)(H,20,26)(H,24,25)(H,28,29). The van der Waals surface area contributed by atoms with Crippen molar-refractivity contribution in [2.45, 2.75) is 43.8 Å². The van der Waals surface area contributed by atoms with E-state index in [-0.39, 0.29) is 19.3 Å². The summed E-state index contributed by atoms with van der Waals surface area (Å²) in [6, 6.07) is -4.45. The highest BCUT2D eigenvalue weighted by Crippen LogP contribution is 2.01. The first kappa shape index (κ1) is 25.7. The molecular formula is C15H25N5O9. The van der Waals surface area contributed by atoms with Gasteiger partial charge < -0.3 is 42.7 Å². The fourth-order valence-corrected chi connectivity index (χ4v) is 2.07. The molecule has 14 heteroatoms. The summed E-state index contributed by atoms with van der Waals surface area (Å²) < 4.78 is 0. The van der Waals surface area contributed by atoms with Crippen molar-refractivity contribution in [3.63, 3.8) is 0 Å². The number of carbonyl (C=O) groups excluding carboxylic acids is 4. The van der Waals surface area contributed by atoms with Gasteiger partial charge in [0.05, 0.1) is 13.2 Å². The number of aliphatic carboxylic acids is 2. The summed E-state index contributed by atoms with van der Waals surface area (Å²) in [5.74, 6) is -6.28. The number of nitrogens with one attached hydrogen (secondary N) is 3. The van der Waals surface area contributed by atoms with E-state index in [1.54, 1.807) is 0 Å². The van der Waals surface area contributed by atoms with Crippen molar-refractivity contribution in [1.29, 1.82) is 0 Å². The van der Waals surface area contributed by atoms with E-state index >= 15 is 0 Å². The average Bonchev–Trinajstić information content (AvgIpc) is 2.64. The molecule has 10 N–H and O–H groups in total. The number of carboxylic acid groups (broad SMARTS) is 2. The van der Waals surface area contributed by atoms with Gasteiger partial charge in [-0.1, -0.05) is 0 Å². The molecule has 0 spiro atoms. The topological polar surface area (TPSA) is 251 Å². The van der Waals surface area contributed by atoms with Gasteiger partial charge >= 0.3 is 11.9 Å². The number of hydrogen-bond acceptors (Lipinski definition) is 8. The van der Waals surface area contributed by atoms with E-state index in [1.807, 2.05) is 5.32 Å². The zero-order valence-corrected chi connectivity index (χ0v) is 15.4. The monoisotopic (exact) mass is 419 g/mol. The van der Waals surface area contributed by atoms with Crippen molar-refractivity contribution >= 4 is 35.6 Å². The van der Waals surface area contributed by atoms with Crippen molar-refractivity contribution in [1.82, 2.24) is 16.0 Å². The maximum atomic E-state index is 12.3. The van der Waals surface area contributed by atoms with Gasteiger partial charge in [-0.2, -0.15) is 0 Å². The summed E-state index contributed by atoms with van der Waals surface area (Å²) in [7, 11) is 0. The minimum absolute atomic E-state index is 0.309. The first-order chi connectivity index (χ1) is 13.5. The van der Waals surface area contributed by atoms with Crippen LogP contribution >= 0.6 is 0 Å². The van der Waals surface area contributed by atoms with E-state index in [4.69, 9.17) is 21.7 Å². The van der Waals surface area contributed by atoms with Crippen molar-refractivity contribution in [2.75, 3.05) is 13.2 Å². The Hall–Kier alpha value is -3.26. The van der Waals surface area contributed by atoms with Crippen LogP contribution in [-0.2, 0) is 28.8 Å². The van der Waals surface area contributed by atoms with E-state index < -0.39 is 73.3 Å². The fourth-order valence-electron chi connectivity index (χ4n) is 2.07. The third-order valence-electron chi connectivity index (χ3n) is 3.59. The normalized spacial score (nSPS) is 13.4. The second kappa shape index (κ2) is 13.0. The predicted octanol–water partition coefficient (Wildman–Crippen LogP) is -4.39. The van der Waals surface area contributed by atoms with Gasteiger partial charge in [-0.15, -0.1) is 0 Å². The molecule has 164 valence electrons. The molecule has 0 saturated carbocycles. The van der Waals surface area contributed by atoms with Gasteiger partial charge in [-0.25, -0.2) is 4.79 Å². The number of rotatable bonds is 14. The second-order valence-electron chi connectivity index (χ2n) is 5.90. The van der Waals surface area contributed by atoms with Gasteiger partial charge in [0.1, 0.15) is 18.1 Å². The van der Waals surface area contributed by atoms with Crippen LogP contribution in [0.25, 0.3) is 0 Å². The van der Waals surface area contributed by atoms with E-state index in [1.165, 1.54) is 0 Å². The molecule has 14 nitrogen and oxygen atoms in total. The molecular weight excluding hydrogens is 394 g/mol. The lowest BCUT2D eigenvalue weighted by molar-refractivity contribution is -0.143. The molecule has 0 aliphatic carbocycles. The molecule has 0 bridgehead atoms. The van der Waals surface area contributed by atoms with E-state index in [2.05, 4.69) is 10.6 Å². The smallest absolute Gasteiger partial charge is 0.326 e. The summed E-state index contributed by atoms with van der Waals surface area (Å²) in [4.78, 5) is 68.5. The zero-order valence-electron chi connectivity index (χ0n) is 15.4. The number of primary amides is 1. The molecule has 3 atom stereocenters. The Bertz CT molecular complexity index is 640. The molecule has 0 aromatic rings. The van der Waals surface area contributed by atoms with Crippen LogP contribution in [0.3, 0.4) is 0 Å². The number of carboxylic acids is 2. The van der Waals surface area contributed by atoms with Gasteiger partial charge in [0, 0.05) is 12.8 Å². The Morgan fingerprint density at radius 2 is 1.31 bits per heavy atom. The fraction of sp³-hybridized carbons (Fsp3) is 0.600. The summed E-state index contributed by atoms with van der Waals surface area (Å²) >= 11 is 0. The zero-order chi connectivity index (χ0) is 22.6. The summed E-state index contributed by atoms with van der Waals surface area (Å²) in [5.41, 5.74) is 10.1. The molecule has 0 aliphatic rings. The van der Waals surface area contributed by atoms with Gasteiger partial charge in [0.15, 0.2) is 0 Å². The molecule has 3 unspecified atom stereocenters. The van der Waals surface area contributed by atoms with Gasteiger partial charge in [-0.05, 0) is 12.8 Å². The number of hydrogen-bond donors (Lipinski definition) is 8. The summed E-state index contributed by atoms with van der Waals surface area (Å²) in [5, 5.41) is 33.5. The summed E-state index contributed by atoms with van der Waals surface area (Å²) in [6.07, 6.45) is -1.43. The van der Waals surface area contributed by atoms with Crippen molar-refractivity contribution in [2.24, 2.45) is 11.5 Å². The van der Waals surface area contributed by atoms with Crippen molar-refractivity contribution in [3.8, 4) is 0 Å². The molecule has 0 aliphatic heterocycles. The van der Waals surface area contributed by atoms with E-state index in [9.17, 15) is 33.9 Å². The van der Waals surface area contributed by atoms with Crippen LogP contribution in [0.2, 0.25) is 0 Å². The van der Waals surface area contributed by atoms with E-state index in [0.29, 0.717) is 0 Å². The van der Waals surface area contributed by atoms with Crippen LogP contribution in [0.15, 0.2) is 0 Å². The number of nitrogens with two attached hydrogens (primary N) is 2. The molecule has 0 radical (unpaired) electrons.